The zero-order chi connectivity index (χ0) is 13.4. The van der Waals surface area contributed by atoms with Crippen molar-refractivity contribution in [2.24, 2.45) is 0 Å². The summed E-state index contributed by atoms with van der Waals surface area (Å²) in [7, 11) is 6.32. The molecule has 1 heterocycles. The normalized spacial score (nSPS) is 25.1. The van der Waals surface area contributed by atoms with Crippen LogP contribution in [0.1, 0.15) is 19.3 Å². The third-order valence-corrected chi connectivity index (χ3v) is 5.54. The van der Waals surface area contributed by atoms with Gasteiger partial charge >= 0.3 is 0 Å². The van der Waals surface area contributed by atoms with Gasteiger partial charge in [-0.25, -0.2) is 4.58 Å². The number of rotatable bonds is 1. The molecule has 2 aliphatic rings. The van der Waals surface area contributed by atoms with Crippen molar-refractivity contribution < 1.29 is 4.58 Å². The summed E-state index contributed by atoms with van der Waals surface area (Å²) in [4.78, 5) is 1.38. The molecule has 0 amide bonds. The smallest absolute Gasteiger partial charge is 0.153 e. The van der Waals surface area contributed by atoms with E-state index in [0.717, 1.165) is 0 Å². The highest BCUT2D eigenvalue weighted by Gasteiger charge is 2.35. The van der Waals surface area contributed by atoms with Gasteiger partial charge in [-0.1, -0.05) is 0 Å². The summed E-state index contributed by atoms with van der Waals surface area (Å²) in [6.45, 7) is 0. The van der Waals surface area contributed by atoms with E-state index in [9.17, 15) is 0 Å². The molecule has 1 fully saturated rings. The SMILES string of the molecule is CNc1ccc2c(c1)S[C@@H]1CC(=[N+](C)C)CC[C@H]1N2. The Balaban J connectivity index is 1.86. The van der Waals surface area contributed by atoms with E-state index in [1.165, 1.54) is 35.5 Å². The van der Waals surface area contributed by atoms with Gasteiger partial charge in [-0.3, -0.25) is 0 Å². The Bertz CT molecular complexity index is 520. The fourth-order valence-electron chi connectivity index (χ4n) is 2.94. The Morgan fingerprint density at radius 2 is 2.21 bits per heavy atom. The standard InChI is InChI=1S/C15H22N3S/c1-16-10-4-6-12-14(8-10)19-15-9-11(18(2)3)5-7-13(15)17-12/h4,6,8,13,15-17H,5,7,9H2,1-3H3/q+1/t13-,15-/m1/s1. The quantitative estimate of drug-likeness (QED) is 0.772. The van der Waals surface area contributed by atoms with Gasteiger partial charge in [0.25, 0.3) is 0 Å². The van der Waals surface area contributed by atoms with Crippen molar-refractivity contribution in [2.45, 2.75) is 35.4 Å². The second-order valence-corrected chi connectivity index (χ2v) is 6.85. The van der Waals surface area contributed by atoms with E-state index in [2.05, 4.69) is 47.5 Å². The molecular weight excluding hydrogens is 254 g/mol. The first kappa shape index (κ1) is 12.9. The van der Waals surface area contributed by atoms with Crippen molar-refractivity contribution in [2.75, 3.05) is 31.8 Å². The summed E-state index contributed by atoms with van der Waals surface area (Å²) in [6, 6.07) is 7.23. The van der Waals surface area contributed by atoms with Crippen LogP contribution in [0.25, 0.3) is 0 Å². The number of hydrogen-bond donors (Lipinski definition) is 2. The third kappa shape index (κ3) is 2.46. The number of thioether (sulfide) groups is 1. The van der Waals surface area contributed by atoms with Crippen LogP contribution in [-0.4, -0.2) is 42.7 Å². The fourth-order valence-corrected chi connectivity index (χ4v) is 4.36. The maximum atomic E-state index is 3.73. The number of nitrogens with zero attached hydrogens (tertiary/aromatic N) is 1. The highest BCUT2D eigenvalue weighted by molar-refractivity contribution is 8.00. The van der Waals surface area contributed by atoms with E-state index in [1.807, 2.05) is 18.8 Å². The van der Waals surface area contributed by atoms with Crippen LogP contribution in [0.2, 0.25) is 0 Å². The maximum Gasteiger partial charge on any atom is 0.153 e. The van der Waals surface area contributed by atoms with Gasteiger partial charge in [0.2, 0.25) is 0 Å². The van der Waals surface area contributed by atoms with Crippen molar-refractivity contribution in [3.05, 3.63) is 18.2 Å². The molecule has 1 aliphatic heterocycles. The Labute approximate surface area is 119 Å². The molecule has 0 saturated heterocycles. The topological polar surface area (TPSA) is 27.1 Å². The Morgan fingerprint density at radius 1 is 1.37 bits per heavy atom. The highest BCUT2D eigenvalue weighted by atomic mass is 32.2. The molecule has 1 aromatic rings. The van der Waals surface area contributed by atoms with Crippen molar-refractivity contribution >= 4 is 28.8 Å². The lowest BCUT2D eigenvalue weighted by atomic mass is 9.92. The highest BCUT2D eigenvalue weighted by Crippen LogP contribution is 2.43. The van der Waals surface area contributed by atoms with Crippen molar-refractivity contribution in [3.8, 4) is 0 Å². The predicted molar refractivity (Wildman–Crippen MR) is 84.0 cm³/mol. The average molecular weight is 276 g/mol. The zero-order valence-electron chi connectivity index (χ0n) is 11.9. The minimum absolute atomic E-state index is 0.627. The maximum absolute atomic E-state index is 3.73. The van der Waals surface area contributed by atoms with E-state index >= 15 is 0 Å². The molecule has 1 aliphatic carbocycles. The molecule has 19 heavy (non-hydrogen) atoms. The molecule has 0 bridgehead atoms. The number of fused-ring (bicyclic) bond motifs is 2. The van der Waals surface area contributed by atoms with Gasteiger partial charge in [0.15, 0.2) is 5.71 Å². The van der Waals surface area contributed by atoms with Crippen LogP contribution in [0, 0.1) is 0 Å². The number of nitrogens with one attached hydrogen (secondary N) is 2. The lowest BCUT2D eigenvalue weighted by molar-refractivity contribution is -0.467. The molecule has 4 heteroatoms. The molecule has 2 atom stereocenters. The first-order chi connectivity index (χ1) is 9.17. The van der Waals surface area contributed by atoms with Crippen LogP contribution in [0.4, 0.5) is 11.4 Å². The van der Waals surface area contributed by atoms with Crippen LogP contribution in [0.15, 0.2) is 23.1 Å². The summed E-state index contributed by atoms with van der Waals surface area (Å²) in [5.74, 6) is 0. The molecule has 0 unspecified atom stereocenters. The Kier molecular flexibility index (Phi) is 3.44. The summed E-state index contributed by atoms with van der Waals surface area (Å²) < 4.78 is 2.30. The molecule has 1 aromatic carbocycles. The van der Waals surface area contributed by atoms with E-state index < -0.39 is 0 Å². The van der Waals surface area contributed by atoms with Gasteiger partial charge in [-0.2, -0.15) is 0 Å². The average Bonchev–Trinajstić information content (AvgIpc) is 2.43. The molecule has 1 saturated carbocycles. The molecule has 3 rings (SSSR count). The van der Waals surface area contributed by atoms with E-state index in [-0.39, 0.29) is 0 Å². The van der Waals surface area contributed by atoms with Crippen LogP contribution in [-0.2, 0) is 0 Å². The fraction of sp³-hybridized carbons (Fsp3) is 0.533. The largest absolute Gasteiger partial charge is 0.388 e. The predicted octanol–water partition coefficient (Wildman–Crippen LogP) is 2.88. The van der Waals surface area contributed by atoms with Gasteiger partial charge in [0.05, 0.1) is 0 Å². The molecule has 0 radical (unpaired) electrons. The summed E-state index contributed by atoms with van der Waals surface area (Å²) in [6.07, 6.45) is 3.68. The Morgan fingerprint density at radius 3 is 2.95 bits per heavy atom. The lowest BCUT2D eigenvalue weighted by Gasteiger charge is -2.37. The van der Waals surface area contributed by atoms with E-state index in [0.29, 0.717) is 11.3 Å². The molecule has 0 aromatic heterocycles. The van der Waals surface area contributed by atoms with Crippen molar-refractivity contribution in [3.63, 3.8) is 0 Å². The van der Waals surface area contributed by atoms with Gasteiger partial charge < -0.3 is 10.6 Å². The summed E-state index contributed by atoms with van der Waals surface area (Å²) >= 11 is 2.04. The van der Waals surface area contributed by atoms with Crippen molar-refractivity contribution in [1.82, 2.24) is 0 Å². The molecule has 2 N–H and O–H groups in total. The first-order valence-corrected chi connectivity index (χ1v) is 7.82. The van der Waals surface area contributed by atoms with E-state index in [4.69, 9.17) is 0 Å². The lowest BCUT2D eigenvalue weighted by Crippen LogP contribution is -2.41. The summed E-state index contributed by atoms with van der Waals surface area (Å²) in [5, 5.41) is 7.62. The second-order valence-electron chi connectivity index (χ2n) is 5.57. The van der Waals surface area contributed by atoms with E-state index in [1.54, 1.807) is 5.71 Å². The van der Waals surface area contributed by atoms with Crippen LogP contribution >= 0.6 is 11.8 Å². The Hall–Kier alpha value is -1.16. The molecule has 0 spiro atoms. The molecular formula is C15H22N3S+. The number of anilines is 2. The van der Waals surface area contributed by atoms with Crippen LogP contribution in [0.3, 0.4) is 0 Å². The second kappa shape index (κ2) is 5.08. The van der Waals surface area contributed by atoms with Crippen LogP contribution < -0.4 is 10.6 Å². The number of hydrogen-bond acceptors (Lipinski definition) is 3. The van der Waals surface area contributed by atoms with Gasteiger partial charge in [0, 0.05) is 47.5 Å². The molecule has 102 valence electrons. The monoisotopic (exact) mass is 276 g/mol. The number of benzene rings is 1. The zero-order valence-corrected chi connectivity index (χ0v) is 12.7. The van der Waals surface area contributed by atoms with Gasteiger partial charge in [0.1, 0.15) is 14.1 Å². The minimum atomic E-state index is 0.627. The van der Waals surface area contributed by atoms with Crippen LogP contribution in [0.5, 0.6) is 0 Å². The minimum Gasteiger partial charge on any atom is -0.388 e. The van der Waals surface area contributed by atoms with Gasteiger partial charge in [-0.15, -0.1) is 11.8 Å². The van der Waals surface area contributed by atoms with Crippen molar-refractivity contribution in [1.29, 1.82) is 0 Å². The third-order valence-electron chi connectivity index (χ3n) is 4.15. The summed E-state index contributed by atoms with van der Waals surface area (Å²) in [5.41, 5.74) is 4.08. The first-order valence-electron chi connectivity index (χ1n) is 6.94. The molecule has 3 nitrogen and oxygen atoms in total. The van der Waals surface area contributed by atoms with Gasteiger partial charge in [-0.05, 0) is 24.6 Å².